The Labute approximate surface area is 56.2 Å². The zero-order valence-corrected chi connectivity index (χ0v) is 6.31. The molecule has 0 aromatic carbocycles. The van der Waals surface area contributed by atoms with Gasteiger partial charge in [-0.15, -0.1) is 0 Å². The van der Waals surface area contributed by atoms with Crippen LogP contribution in [0.3, 0.4) is 0 Å². The topological polar surface area (TPSA) is 26.3 Å². The molecule has 0 bridgehead atoms. The van der Waals surface area contributed by atoms with Crippen molar-refractivity contribution in [3.05, 3.63) is 0 Å². The van der Waals surface area contributed by atoms with E-state index in [0.717, 1.165) is 0 Å². The molecule has 54 valence electrons. The highest BCUT2D eigenvalue weighted by atomic mass is 16.5. The van der Waals surface area contributed by atoms with E-state index >= 15 is 0 Å². The quantitative estimate of drug-likeness (QED) is 0.542. The van der Waals surface area contributed by atoms with E-state index in [-0.39, 0.29) is 5.97 Å². The number of carbonyl (C=O) groups is 1. The number of hydrogen-bond donors (Lipinski definition) is 0. The fourth-order valence-corrected chi connectivity index (χ4v) is 0.362. The standard InChI is InChI=1S/C7H14O2/c1-4-7(8)9-5-6(2)3/h6H,4-5H2,1-3H3. The van der Waals surface area contributed by atoms with Crippen molar-refractivity contribution in [1.82, 2.24) is 0 Å². The molecule has 0 aliphatic rings. The Morgan fingerprint density at radius 1 is 1.56 bits per heavy atom. The van der Waals surface area contributed by atoms with Crippen LogP contribution in [0, 0.1) is 5.92 Å². The van der Waals surface area contributed by atoms with Crippen molar-refractivity contribution in [2.24, 2.45) is 5.92 Å². The van der Waals surface area contributed by atoms with Crippen LogP contribution < -0.4 is 0 Å². The Balaban J connectivity index is 3.17. The zero-order valence-electron chi connectivity index (χ0n) is 6.31. The average molecular weight is 130 g/mol. The Morgan fingerprint density at radius 3 is 2.44 bits per heavy atom. The molecule has 0 fully saturated rings. The summed E-state index contributed by atoms with van der Waals surface area (Å²) in [6.07, 6.45) is 0.479. The summed E-state index contributed by atoms with van der Waals surface area (Å²) in [5.74, 6) is 0.337. The van der Waals surface area contributed by atoms with Gasteiger partial charge in [-0.3, -0.25) is 4.79 Å². The third kappa shape index (κ3) is 5.34. The van der Waals surface area contributed by atoms with Crippen LogP contribution in [-0.4, -0.2) is 12.6 Å². The van der Waals surface area contributed by atoms with Crippen molar-refractivity contribution in [1.29, 1.82) is 0 Å². The molecule has 0 atom stereocenters. The molecular weight excluding hydrogens is 116 g/mol. The first-order valence-corrected chi connectivity index (χ1v) is 3.32. The molecule has 0 saturated carbocycles. The van der Waals surface area contributed by atoms with Gasteiger partial charge in [0.1, 0.15) is 0 Å². The lowest BCUT2D eigenvalue weighted by Crippen LogP contribution is -2.07. The lowest BCUT2D eigenvalue weighted by Gasteiger charge is -2.04. The van der Waals surface area contributed by atoms with Crippen LogP contribution >= 0.6 is 0 Å². The monoisotopic (exact) mass is 130 g/mol. The van der Waals surface area contributed by atoms with Crippen molar-refractivity contribution in [2.45, 2.75) is 27.2 Å². The molecule has 9 heavy (non-hydrogen) atoms. The molecular formula is C7H14O2. The van der Waals surface area contributed by atoms with E-state index < -0.39 is 0 Å². The minimum absolute atomic E-state index is 0.108. The maximum absolute atomic E-state index is 10.5. The van der Waals surface area contributed by atoms with Crippen LogP contribution in [0.25, 0.3) is 0 Å². The first-order chi connectivity index (χ1) is 4.16. The molecule has 0 unspecified atom stereocenters. The maximum atomic E-state index is 10.5. The Kier molecular flexibility index (Phi) is 4.10. The van der Waals surface area contributed by atoms with Gasteiger partial charge in [0.15, 0.2) is 0 Å². The molecule has 0 heterocycles. The smallest absolute Gasteiger partial charge is 0.305 e. The molecule has 0 aromatic rings. The number of ether oxygens (including phenoxy) is 1. The number of esters is 1. The summed E-state index contributed by atoms with van der Waals surface area (Å²) in [4.78, 5) is 10.5. The fraction of sp³-hybridized carbons (Fsp3) is 0.857. The van der Waals surface area contributed by atoms with Crippen molar-refractivity contribution in [3.8, 4) is 0 Å². The summed E-state index contributed by atoms with van der Waals surface area (Å²) >= 11 is 0. The summed E-state index contributed by atoms with van der Waals surface area (Å²) in [6, 6.07) is 0. The van der Waals surface area contributed by atoms with Gasteiger partial charge in [0, 0.05) is 6.42 Å². The molecule has 0 aromatic heterocycles. The van der Waals surface area contributed by atoms with Gasteiger partial charge in [0.25, 0.3) is 0 Å². The summed E-state index contributed by atoms with van der Waals surface area (Å²) in [7, 11) is 0. The van der Waals surface area contributed by atoms with Gasteiger partial charge >= 0.3 is 5.97 Å². The second-order valence-electron chi connectivity index (χ2n) is 2.43. The Hall–Kier alpha value is -0.530. The highest BCUT2D eigenvalue weighted by molar-refractivity contribution is 5.68. The number of hydrogen-bond acceptors (Lipinski definition) is 2. The van der Waals surface area contributed by atoms with E-state index in [1.807, 2.05) is 13.8 Å². The van der Waals surface area contributed by atoms with E-state index in [1.165, 1.54) is 0 Å². The van der Waals surface area contributed by atoms with Gasteiger partial charge < -0.3 is 4.74 Å². The molecule has 0 rings (SSSR count). The number of carbonyl (C=O) groups excluding carboxylic acids is 1. The highest BCUT2D eigenvalue weighted by Crippen LogP contribution is 1.93. The SMILES string of the molecule is CCC(=O)OCC(C)C. The fourth-order valence-electron chi connectivity index (χ4n) is 0.362. The van der Waals surface area contributed by atoms with Crippen LogP contribution in [-0.2, 0) is 9.53 Å². The lowest BCUT2D eigenvalue weighted by molar-refractivity contribution is -0.144. The minimum atomic E-state index is -0.108. The third-order valence-corrected chi connectivity index (χ3v) is 0.866. The van der Waals surface area contributed by atoms with E-state index in [1.54, 1.807) is 6.92 Å². The van der Waals surface area contributed by atoms with Gasteiger partial charge in [0.05, 0.1) is 6.61 Å². The van der Waals surface area contributed by atoms with Gasteiger partial charge in [-0.1, -0.05) is 20.8 Å². The van der Waals surface area contributed by atoms with Gasteiger partial charge in [-0.2, -0.15) is 0 Å². The minimum Gasteiger partial charge on any atom is -0.465 e. The first kappa shape index (κ1) is 8.47. The Morgan fingerprint density at radius 2 is 2.11 bits per heavy atom. The molecule has 0 spiro atoms. The highest BCUT2D eigenvalue weighted by Gasteiger charge is 1.98. The first-order valence-electron chi connectivity index (χ1n) is 3.32. The lowest BCUT2D eigenvalue weighted by atomic mass is 10.2. The van der Waals surface area contributed by atoms with Crippen LogP contribution in [0.1, 0.15) is 27.2 Å². The van der Waals surface area contributed by atoms with E-state index in [2.05, 4.69) is 0 Å². The molecule has 0 N–H and O–H groups in total. The van der Waals surface area contributed by atoms with Gasteiger partial charge in [0.2, 0.25) is 0 Å². The molecule has 0 saturated heterocycles. The van der Waals surface area contributed by atoms with Gasteiger partial charge in [-0.05, 0) is 5.92 Å². The van der Waals surface area contributed by atoms with Crippen molar-refractivity contribution in [2.75, 3.05) is 6.61 Å². The van der Waals surface area contributed by atoms with Crippen LogP contribution in [0.5, 0.6) is 0 Å². The molecule has 0 amide bonds. The summed E-state index contributed by atoms with van der Waals surface area (Å²) in [5.41, 5.74) is 0. The van der Waals surface area contributed by atoms with Crippen molar-refractivity contribution in [3.63, 3.8) is 0 Å². The zero-order chi connectivity index (χ0) is 7.28. The van der Waals surface area contributed by atoms with Crippen molar-refractivity contribution < 1.29 is 9.53 Å². The second kappa shape index (κ2) is 4.36. The predicted octanol–water partition coefficient (Wildman–Crippen LogP) is 1.60. The van der Waals surface area contributed by atoms with E-state index in [4.69, 9.17) is 4.74 Å². The summed E-state index contributed by atoms with van der Waals surface area (Å²) < 4.78 is 4.81. The van der Waals surface area contributed by atoms with Crippen LogP contribution in [0.15, 0.2) is 0 Å². The Bertz CT molecular complexity index is 86.9. The average Bonchev–Trinajstić information content (AvgIpc) is 1.83. The molecule has 2 heteroatoms. The molecule has 0 aliphatic heterocycles. The summed E-state index contributed by atoms with van der Waals surface area (Å²) in [5, 5.41) is 0. The molecule has 2 nitrogen and oxygen atoms in total. The van der Waals surface area contributed by atoms with E-state index in [9.17, 15) is 4.79 Å². The largest absolute Gasteiger partial charge is 0.465 e. The predicted molar refractivity (Wildman–Crippen MR) is 36.1 cm³/mol. The van der Waals surface area contributed by atoms with Crippen LogP contribution in [0.2, 0.25) is 0 Å². The summed E-state index contributed by atoms with van der Waals surface area (Å²) in [6.45, 7) is 6.38. The van der Waals surface area contributed by atoms with Crippen molar-refractivity contribution >= 4 is 5.97 Å². The normalized spacial score (nSPS) is 9.78. The van der Waals surface area contributed by atoms with E-state index in [0.29, 0.717) is 18.9 Å². The third-order valence-electron chi connectivity index (χ3n) is 0.866. The molecule has 0 aliphatic carbocycles. The number of rotatable bonds is 3. The molecule has 0 radical (unpaired) electrons. The van der Waals surface area contributed by atoms with Crippen LogP contribution in [0.4, 0.5) is 0 Å². The van der Waals surface area contributed by atoms with Gasteiger partial charge in [-0.25, -0.2) is 0 Å². The maximum Gasteiger partial charge on any atom is 0.305 e. The second-order valence-corrected chi connectivity index (χ2v) is 2.43.